The lowest BCUT2D eigenvalue weighted by Crippen LogP contribution is -1.96. The van der Waals surface area contributed by atoms with Crippen LogP contribution < -0.4 is 0 Å². The third kappa shape index (κ3) is 4.94. The zero-order valence-corrected chi connectivity index (χ0v) is 11.3. The van der Waals surface area contributed by atoms with E-state index in [4.69, 9.17) is 10.2 Å². The predicted molar refractivity (Wildman–Crippen MR) is 76.3 cm³/mol. The number of benzene rings is 2. The van der Waals surface area contributed by atoms with Crippen molar-refractivity contribution in [1.29, 1.82) is 0 Å². The molecule has 0 aliphatic rings. The van der Waals surface area contributed by atoms with Gasteiger partial charge in [-0.2, -0.15) is 0 Å². The van der Waals surface area contributed by atoms with Gasteiger partial charge in [0.2, 0.25) is 0 Å². The highest BCUT2D eigenvalue weighted by atomic mass is 16.4. The summed E-state index contributed by atoms with van der Waals surface area (Å²) in [7, 11) is 0. The highest BCUT2D eigenvalue weighted by molar-refractivity contribution is 5.88. The molecule has 2 rings (SSSR count). The molecule has 0 bridgehead atoms. The van der Waals surface area contributed by atoms with E-state index in [0.717, 1.165) is 11.1 Å². The van der Waals surface area contributed by atoms with Gasteiger partial charge in [-0.3, -0.25) is 0 Å². The van der Waals surface area contributed by atoms with Crippen molar-refractivity contribution in [1.82, 2.24) is 0 Å². The Morgan fingerprint density at radius 2 is 1.20 bits per heavy atom. The summed E-state index contributed by atoms with van der Waals surface area (Å²) in [6, 6.07) is 13.6. The fourth-order valence-electron chi connectivity index (χ4n) is 1.68. The van der Waals surface area contributed by atoms with Crippen LogP contribution in [-0.2, 0) is 0 Å². The molecule has 0 aliphatic heterocycles. The molecule has 0 radical (unpaired) electrons. The van der Waals surface area contributed by atoms with E-state index < -0.39 is 11.9 Å². The monoisotopic (exact) mass is 272 g/mol. The molecule has 2 aromatic carbocycles. The van der Waals surface area contributed by atoms with E-state index >= 15 is 0 Å². The zero-order chi connectivity index (χ0) is 15.1. The smallest absolute Gasteiger partial charge is 0.335 e. The highest BCUT2D eigenvalue weighted by Crippen LogP contribution is 2.08. The van der Waals surface area contributed by atoms with Gasteiger partial charge < -0.3 is 10.2 Å². The number of hydrogen-bond acceptors (Lipinski definition) is 2. The predicted octanol–water partition coefficient (Wildman–Crippen LogP) is 3.39. The molecule has 0 saturated heterocycles. The zero-order valence-electron chi connectivity index (χ0n) is 11.3. The highest BCUT2D eigenvalue weighted by Gasteiger charge is 2.02. The van der Waals surface area contributed by atoms with Crippen LogP contribution in [0.2, 0.25) is 0 Å². The normalized spacial score (nSPS) is 9.30. The van der Waals surface area contributed by atoms with Crippen LogP contribution >= 0.6 is 0 Å². The molecule has 0 unspecified atom stereocenters. The number of carboxylic acid groups (broad SMARTS) is 2. The number of hydrogen-bond donors (Lipinski definition) is 2. The van der Waals surface area contributed by atoms with Crippen molar-refractivity contribution < 1.29 is 19.8 Å². The van der Waals surface area contributed by atoms with Crippen LogP contribution in [0, 0.1) is 13.8 Å². The van der Waals surface area contributed by atoms with Crippen LogP contribution in [0.3, 0.4) is 0 Å². The summed E-state index contributed by atoms with van der Waals surface area (Å²) in [5, 5.41) is 17.0. The average Bonchev–Trinajstić information content (AvgIpc) is 2.39. The molecule has 4 nitrogen and oxygen atoms in total. The van der Waals surface area contributed by atoms with Crippen LogP contribution in [0.5, 0.6) is 0 Å². The van der Waals surface area contributed by atoms with E-state index in [2.05, 4.69) is 0 Å². The van der Waals surface area contributed by atoms with Crippen molar-refractivity contribution in [2.45, 2.75) is 13.8 Å². The quantitative estimate of drug-likeness (QED) is 0.878. The van der Waals surface area contributed by atoms with Crippen molar-refractivity contribution >= 4 is 11.9 Å². The molecule has 0 spiro atoms. The Hall–Kier alpha value is -2.62. The minimum absolute atomic E-state index is 0.331. The molecule has 2 aromatic rings. The fraction of sp³-hybridized carbons (Fsp3) is 0.125. The van der Waals surface area contributed by atoms with Crippen LogP contribution in [0.25, 0.3) is 0 Å². The molecular weight excluding hydrogens is 256 g/mol. The molecular formula is C16H16O4. The second-order valence-electron chi connectivity index (χ2n) is 4.35. The third-order valence-corrected chi connectivity index (χ3v) is 2.49. The Labute approximate surface area is 117 Å². The van der Waals surface area contributed by atoms with Crippen molar-refractivity contribution in [2.75, 3.05) is 0 Å². The maximum absolute atomic E-state index is 10.5. The molecule has 104 valence electrons. The first kappa shape index (κ1) is 15.4. The first-order valence-corrected chi connectivity index (χ1v) is 6.00. The molecule has 0 heterocycles. The van der Waals surface area contributed by atoms with Gasteiger partial charge in [-0.25, -0.2) is 9.59 Å². The summed E-state index contributed by atoms with van der Waals surface area (Å²) in [5.74, 6) is -1.74. The summed E-state index contributed by atoms with van der Waals surface area (Å²) in [6.07, 6.45) is 0. The van der Waals surface area contributed by atoms with Gasteiger partial charge in [0.1, 0.15) is 0 Å². The van der Waals surface area contributed by atoms with Crippen molar-refractivity contribution in [3.8, 4) is 0 Å². The molecule has 0 atom stereocenters. The fourth-order valence-corrected chi connectivity index (χ4v) is 1.68. The molecule has 2 N–H and O–H groups in total. The van der Waals surface area contributed by atoms with Crippen molar-refractivity contribution in [3.05, 3.63) is 70.8 Å². The van der Waals surface area contributed by atoms with E-state index in [0.29, 0.717) is 11.1 Å². The van der Waals surface area contributed by atoms with E-state index in [1.54, 1.807) is 42.5 Å². The van der Waals surface area contributed by atoms with Gasteiger partial charge in [-0.1, -0.05) is 35.4 Å². The third-order valence-electron chi connectivity index (χ3n) is 2.49. The maximum Gasteiger partial charge on any atom is 0.335 e. The van der Waals surface area contributed by atoms with Crippen molar-refractivity contribution in [2.24, 2.45) is 0 Å². The van der Waals surface area contributed by atoms with Crippen LogP contribution in [0.1, 0.15) is 31.8 Å². The molecule has 0 amide bonds. The largest absolute Gasteiger partial charge is 0.478 e. The minimum atomic E-state index is -0.879. The summed E-state index contributed by atoms with van der Waals surface area (Å²) in [5.41, 5.74) is 2.67. The molecule has 20 heavy (non-hydrogen) atoms. The molecule has 0 aliphatic carbocycles. The number of rotatable bonds is 2. The molecule has 4 heteroatoms. The minimum Gasteiger partial charge on any atom is -0.478 e. The van der Waals surface area contributed by atoms with E-state index in [1.807, 2.05) is 19.9 Å². The Morgan fingerprint density at radius 1 is 0.750 bits per heavy atom. The van der Waals surface area contributed by atoms with Gasteiger partial charge >= 0.3 is 11.9 Å². The van der Waals surface area contributed by atoms with Crippen molar-refractivity contribution in [3.63, 3.8) is 0 Å². The number of aryl methyl sites for hydroxylation is 2. The SMILES string of the molecule is Cc1cc(C)cc(C(=O)O)c1.O=C(O)c1ccccc1. The lowest BCUT2D eigenvalue weighted by molar-refractivity contribution is 0.0686. The van der Waals surface area contributed by atoms with Gasteiger partial charge in [-0.15, -0.1) is 0 Å². The molecule has 0 saturated carbocycles. The van der Waals surface area contributed by atoms with Crippen LogP contribution in [-0.4, -0.2) is 22.2 Å². The topological polar surface area (TPSA) is 74.6 Å². The van der Waals surface area contributed by atoms with Crippen LogP contribution in [0.4, 0.5) is 0 Å². The van der Waals surface area contributed by atoms with Gasteiger partial charge in [0.05, 0.1) is 11.1 Å². The first-order valence-electron chi connectivity index (χ1n) is 6.00. The number of carbonyl (C=O) groups is 2. The van der Waals surface area contributed by atoms with E-state index in [-0.39, 0.29) is 0 Å². The first-order chi connectivity index (χ1) is 9.40. The second-order valence-corrected chi connectivity index (χ2v) is 4.35. The number of carboxylic acids is 2. The average molecular weight is 272 g/mol. The van der Waals surface area contributed by atoms with Crippen LogP contribution in [0.15, 0.2) is 48.5 Å². The Kier molecular flexibility index (Phi) is 5.47. The molecule has 0 fully saturated rings. The Bertz CT molecular complexity index is 583. The maximum atomic E-state index is 10.5. The summed E-state index contributed by atoms with van der Waals surface area (Å²) in [4.78, 5) is 20.7. The van der Waals surface area contributed by atoms with Gasteiger partial charge in [0.15, 0.2) is 0 Å². The Morgan fingerprint density at radius 3 is 1.55 bits per heavy atom. The van der Waals surface area contributed by atoms with E-state index in [9.17, 15) is 9.59 Å². The Balaban J connectivity index is 0.000000204. The lowest BCUT2D eigenvalue weighted by atomic mass is 10.1. The molecule has 0 aromatic heterocycles. The number of aromatic carboxylic acids is 2. The standard InChI is InChI=1S/C9H10O2.C7H6O2/c1-6-3-7(2)5-8(4-6)9(10)11;8-7(9)6-4-2-1-3-5-6/h3-5H,1-2H3,(H,10,11);1-5H,(H,8,9). The van der Waals surface area contributed by atoms with E-state index in [1.165, 1.54) is 0 Å². The summed E-state index contributed by atoms with van der Waals surface area (Å²) >= 11 is 0. The van der Waals surface area contributed by atoms with Gasteiger partial charge in [0, 0.05) is 0 Å². The van der Waals surface area contributed by atoms with Gasteiger partial charge in [-0.05, 0) is 38.1 Å². The van der Waals surface area contributed by atoms with Gasteiger partial charge in [0.25, 0.3) is 0 Å². The summed E-state index contributed by atoms with van der Waals surface area (Å²) < 4.78 is 0. The lowest BCUT2D eigenvalue weighted by Gasteiger charge is -1.98. The summed E-state index contributed by atoms with van der Waals surface area (Å²) in [6.45, 7) is 3.78. The second kappa shape index (κ2) is 7.09.